The Balaban J connectivity index is 1.69. The zero-order valence-electron chi connectivity index (χ0n) is 10.6. The Labute approximate surface area is 122 Å². The van der Waals surface area contributed by atoms with Crippen molar-refractivity contribution in [2.45, 2.75) is 32.0 Å². The molecule has 0 radical (unpaired) electrons. The van der Waals surface area contributed by atoms with Crippen molar-refractivity contribution < 1.29 is 0 Å². The van der Waals surface area contributed by atoms with Crippen molar-refractivity contribution in [1.82, 2.24) is 9.88 Å². The van der Waals surface area contributed by atoms with Crippen LogP contribution in [0.5, 0.6) is 0 Å². The number of thiazole rings is 1. The number of rotatable bonds is 5. The molecular formula is C14H16ClN3S. The van der Waals surface area contributed by atoms with Gasteiger partial charge in [-0.05, 0) is 30.5 Å². The molecule has 5 heteroatoms. The van der Waals surface area contributed by atoms with Gasteiger partial charge in [0.25, 0.3) is 0 Å². The topological polar surface area (TPSA) is 42.1 Å². The van der Waals surface area contributed by atoms with Gasteiger partial charge in [0, 0.05) is 35.2 Å². The molecule has 1 fully saturated rings. The minimum absolute atomic E-state index is 0.650. The van der Waals surface area contributed by atoms with E-state index in [0.29, 0.717) is 11.2 Å². The molecule has 2 aromatic rings. The zero-order chi connectivity index (χ0) is 13.2. The minimum atomic E-state index is 0.650. The summed E-state index contributed by atoms with van der Waals surface area (Å²) in [5, 5.41) is 1.44. The summed E-state index contributed by atoms with van der Waals surface area (Å²) in [6, 6.07) is 8.80. The van der Waals surface area contributed by atoms with Crippen LogP contribution in [0, 0.1) is 0 Å². The van der Waals surface area contributed by atoms with Crippen molar-refractivity contribution in [2.75, 3.05) is 5.73 Å². The highest BCUT2D eigenvalue weighted by atomic mass is 35.5. The molecule has 1 aromatic heterocycles. The van der Waals surface area contributed by atoms with Gasteiger partial charge in [-0.3, -0.25) is 4.90 Å². The zero-order valence-corrected chi connectivity index (χ0v) is 12.1. The smallest absolute Gasteiger partial charge is 0.180 e. The van der Waals surface area contributed by atoms with Gasteiger partial charge in [-0.25, -0.2) is 4.98 Å². The van der Waals surface area contributed by atoms with E-state index in [1.165, 1.54) is 23.3 Å². The van der Waals surface area contributed by atoms with Crippen LogP contribution in [0.3, 0.4) is 0 Å². The summed E-state index contributed by atoms with van der Waals surface area (Å²) < 4.78 is 0. The molecule has 2 N–H and O–H groups in total. The molecule has 19 heavy (non-hydrogen) atoms. The summed E-state index contributed by atoms with van der Waals surface area (Å²) >= 11 is 7.50. The predicted octanol–water partition coefficient (Wildman–Crippen LogP) is 3.54. The molecule has 1 aromatic carbocycles. The monoisotopic (exact) mass is 293 g/mol. The van der Waals surface area contributed by atoms with E-state index in [0.717, 1.165) is 18.1 Å². The van der Waals surface area contributed by atoms with E-state index in [9.17, 15) is 0 Å². The van der Waals surface area contributed by atoms with Gasteiger partial charge in [0.1, 0.15) is 0 Å². The maximum atomic E-state index is 5.92. The molecule has 0 unspecified atom stereocenters. The molecule has 3 nitrogen and oxygen atoms in total. The van der Waals surface area contributed by atoms with Crippen LogP contribution in [-0.2, 0) is 13.1 Å². The third-order valence-corrected chi connectivity index (χ3v) is 4.36. The fourth-order valence-electron chi connectivity index (χ4n) is 2.17. The van der Waals surface area contributed by atoms with E-state index in [4.69, 9.17) is 17.3 Å². The lowest BCUT2D eigenvalue weighted by atomic mass is 10.2. The second kappa shape index (κ2) is 5.49. The van der Waals surface area contributed by atoms with Gasteiger partial charge in [-0.2, -0.15) is 0 Å². The van der Waals surface area contributed by atoms with Crippen molar-refractivity contribution in [1.29, 1.82) is 0 Å². The van der Waals surface area contributed by atoms with E-state index >= 15 is 0 Å². The minimum Gasteiger partial charge on any atom is -0.375 e. The maximum Gasteiger partial charge on any atom is 0.180 e. The summed E-state index contributed by atoms with van der Waals surface area (Å²) in [6.07, 6.45) is 4.47. The van der Waals surface area contributed by atoms with Gasteiger partial charge in [0.2, 0.25) is 0 Å². The lowest BCUT2D eigenvalue weighted by Crippen LogP contribution is -2.24. The number of nitrogens with zero attached hydrogens (tertiary/aromatic N) is 2. The number of nitrogen functional groups attached to an aromatic ring is 1. The van der Waals surface area contributed by atoms with Crippen LogP contribution in [0.1, 0.15) is 23.3 Å². The van der Waals surface area contributed by atoms with Crippen LogP contribution in [0.2, 0.25) is 5.02 Å². The fourth-order valence-corrected chi connectivity index (χ4v) is 3.01. The lowest BCUT2D eigenvalue weighted by Gasteiger charge is -2.21. The standard InChI is InChI=1S/C14H16ClN3S/c15-11-3-1-10(2-4-11)8-18(12-5-6-12)9-13-7-17-14(16)19-13/h1-4,7,12H,5-6,8-9H2,(H2,16,17). The van der Waals surface area contributed by atoms with Gasteiger partial charge in [-0.1, -0.05) is 23.7 Å². The van der Waals surface area contributed by atoms with Gasteiger partial charge >= 0.3 is 0 Å². The summed E-state index contributed by atoms with van der Waals surface area (Å²) in [5.41, 5.74) is 6.99. The van der Waals surface area contributed by atoms with E-state index in [1.807, 2.05) is 18.3 Å². The van der Waals surface area contributed by atoms with Crippen LogP contribution < -0.4 is 5.73 Å². The van der Waals surface area contributed by atoms with Crippen LogP contribution in [-0.4, -0.2) is 15.9 Å². The molecule has 0 atom stereocenters. The number of anilines is 1. The van der Waals surface area contributed by atoms with Gasteiger partial charge in [0.15, 0.2) is 5.13 Å². The highest BCUT2D eigenvalue weighted by molar-refractivity contribution is 7.15. The number of nitrogens with two attached hydrogens (primary N) is 1. The third kappa shape index (κ3) is 3.47. The Morgan fingerprint density at radius 3 is 2.58 bits per heavy atom. The molecule has 0 spiro atoms. The Bertz CT molecular complexity index is 548. The Kier molecular flexibility index (Phi) is 3.73. The summed E-state index contributed by atoms with van der Waals surface area (Å²) in [7, 11) is 0. The number of halogens is 1. The Hall–Kier alpha value is -1.10. The second-order valence-corrected chi connectivity index (χ2v) is 6.51. The third-order valence-electron chi connectivity index (χ3n) is 3.29. The average Bonchev–Trinajstić information content (AvgIpc) is 3.16. The molecule has 0 saturated heterocycles. The van der Waals surface area contributed by atoms with Crippen molar-refractivity contribution >= 4 is 28.1 Å². The lowest BCUT2D eigenvalue weighted by molar-refractivity contribution is 0.248. The molecule has 1 aliphatic rings. The fraction of sp³-hybridized carbons (Fsp3) is 0.357. The molecule has 0 bridgehead atoms. The Morgan fingerprint density at radius 1 is 1.26 bits per heavy atom. The molecule has 1 aliphatic carbocycles. The molecule has 1 heterocycles. The summed E-state index contributed by atoms with van der Waals surface area (Å²) in [4.78, 5) is 7.85. The molecule has 3 rings (SSSR count). The van der Waals surface area contributed by atoms with Crippen LogP contribution in [0.4, 0.5) is 5.13 Å². The van der Waals surface area contributed by atoms with Gasteiger partial charge in [-0.15, -0.1) is 11.3 Å². The molecule has 0 aliphatic heterocycles. The summed E-state index contributed by atoms with van der Waals surface area (Å²) in [6.45, 7) is 1.89. The van der Waals surface area contributed by atoms with Gasteiger partial charge < -0.3 is 5.73 Å². The first-order valence-electron chi connectivity index (χ1n) is 6.39. The van der Waals surface area contributed by atoms with Crippen LogP contribution in [0.15, 0.2) is 30.5 Å². The van der Waals surface area contributed by atoms with E-state index < -0.39 is 0 Å². The van der Waals surface area contributed by atoms with E-state index in [2.05, 4.69) is 22.0 Å². The average molecular weight is 294 g/mol. The molecular weight excluding hydrogens is 278 g/mol. The molecule has 100 valence electrons. The number of hydrogen-bond donors (Lipinski definition) is 1. The largest absolute Gasteiger partial charge is 0.375 e. The quantitative estimate of drug-likeness (QED) is 0.917. The van der Waals surface area contributed by atoms with Crippen molar-refractivity contribution in [3.8, 4) is 0 Å². The second-order valence-electron chi connectivity index (χ2n) is 4.93. The van der Waals surface area contributed by atoms with Crippen LogP contribution in [0.25, 0.3) is 0 Å². The number of hydrogen-bond acceptors (Lipinski definition) is 4. The maximum absolute atomic E-state index is 5.92. The molecule has 1 saturated carbocycles. The van der Waals surface area contributed by atoms with Crippen molar-refractivity contribution in [3.05, 3.63) is 45.9 Å². The number of benzene rings is 1. The first-order valence-corrected chi connectivity index (χ1v) is 7.59. The highest BCUT2D eigenvalue weighted by Gasteiger charge is 2.29. The number of aromatic nitrogens is 1. The van der Waals surface area contributed by atoms with E-state index in [-0.39, 0.29) is 0 Å². The summed E-state index contributed by atoms with van der Waals surface area (Å²) in [5.74, 6) is 0. The predicted molar refractivity (Wildman–Crippen MR) is 80.2 cm³/mol. The highest BCUT2D eigenvalue weighted by Crippen LogP contribution is 2.31. The molecule has 0 amide bonds. The van der Waals surface area contributed by atoms with Gasteiger partial charge in [0.05, 0.1) is 0 Å². The van der Waals surface area contributed by atoms with Crippen LogP contribution >= 0.6 is 22.9 Å². The first kappa shape index (κ1) is 12.9. The Morgan fingerprint density at radius 2 is 2.00 bits per heavy atom. The normalized spacial score (nSPS) is 15.1. The van der Waals surface area contributed by atoms with Crippen molar-refractivity contribution in [2.24, 2.45) is 0 Å². The first-order chi connectivity index (χ1) is 9.20. The van der Waals surface area contributed by atoms with E-state index in [1.54, 1.807) is 11.3 Å². The van der Waals surface area contributed by atoms with Crippen molar-refractivity contribution in [3.63, 3.8) is 0 Å². The SMILES string of the molecule is Nc1ncc(CN(Cc2ccc(Cl)cc2)C2CC2)s1.